The van der Waals surface area contributed by atoms with Crippen molar-refractivity contribution >= 4 is 17.6 Å². The molecule has 0 radical (unpaired) electrons. The molecule has 0 amide bonds. The lowest BCUT2D eigenvalue weighted by Crippen LogP contribution is -2.44. The number of hydrogen-bond acceptors (Lipinski definition) is 8. The molecule has 1 unspecified atom stereocenters. The summed E-state index contributed by atoms with van der Waals surface area (Å²) in [5, 5.41) is 10.9. The highest BCUT2D eigenvalue weighted by atomic mass is 19.3. The Morgan fingerprint density at radius 3 is 2.68 bits per heavy atom. The molecule has 1 fully saturated rings. The van der Waals surface area contributed by atoms with Gasteiger partial charge >= 0.3 is 6.61 Å². The van der Waals surface area contributed by atoms with Crippen LogP contribution in [0, 0.1) is 5.95 Å². The Morgan fingerprint density at radius 1 is 1.13 bits per heavy atom. The van der Waals surface area contributed by atoms with Gasteiger partial charge in [0.1, 0.15) is 11.6 Å². The van der Waals surface area contributed by atoms with E-state index in [0.29, 0.717) is 31.1 Å². The molecule has 8 nitrogen and oxygen atoms in total. The van der Waals surface area contributed by atoms with E-state index < -0.39 is 12.6 Å². The van der Waals surface area contributed by atoms with E-state index in [1.807, 2.05) is 11.8 Å². The zero-order valence-corrected chi connectivity index (χ0v) is 16.5. The Balaban J connectivity index is 1.54. The van der Waals surface area contributed by atoms with Gasteiger partial charge in [0.15, 0.2) is 5.82 Å². The van der Waals surface area contributed by atoms with Crippen molar-refractivity contribution in [1.82, 2.24) is 20.2 Å². The van der Waals surface area contributed by atoms with E-state index >= 15 is 0 Å². The number of aromatic nitrogens is 4. The van der Waals surface area contributed by atoms with Crippen molar-refractivity contribution in [3.8, 4) is 16.9 Å². The van der Waals surface area contributed by atoms with Gasteiger partial charge in [0, 0.05) is 18.2 Å². The Bertz CT molecular complexity index is 1040. The molecule has 1 aliphatic heterocycles. The number of nitrogens with zero attached hydrogens (tertiary/aromatic N) is 5. The molecule has 1 saturated heterocycles. The summed E-state index contributed by atoms with van der Waals surface area (Å²) in [5.74, 6) is 0.209. The summed E-state index contributed by atoms with van der Waals surface area (Å²) in [6.07, 6.45) is 1.52. The van der Waals surface area contributed by atoms with Crippen LogP contribution >= 0.6 is 0 Å². The number of nitrogens with one attached hydrogen (secondary N) is 1. The molecule has 1 aliphatic rings. The number of hydrogen-bond donors (Lipinski definition) is 1. The first-order chi connectivity index (χ1) is 15.0. The number of morpholine rings is 1. The van der Waals surface area contributed by atoms with E-state index in [0.717, 1.165) is 5.56 Å². The molecule has 1 N–H and O–H groups in total. The zero-order chi connectivity index (χ0) is 21.8. The summed E-state index contributed by atoms with van der Waals surface area (Å²) in [6.45, 7) is 0.652. The second-order valence-corrected chi connectivity index (χ2v) is 6.85. The molecule has 1 aromatic carbocycles. The molecule has 11 heteroatoms. The fourth-order valence-electron chi connectivity index (χ4n) is 3.17. The number of rotatable bonds is 6. The monoisotopic (exact) mass is 432 g/mol. The second-order valence-electron chi connectivity index (χ2n) is 6.85. The first kappa shape index (κ1) is 20.8. The molecule has 3 heterocycles. The molecule has 0 saturated carbocycles. The maximum absolute atomic E-state index is 14.1. The van der Waals surface area contributed by atoms with Crippen LogP contribution in [-0.4, -0.2) is 52.6 Å². The molecule has 4 rings (SSSR count). The van der Waals surface area contributed by atoms with E-state index in [4.69, 9.17) is 4.74 Å². The van der Waals surface area contributed by atoms with Gasteiger partial charge in [0.2, 0.25) is 11.9 Å². The van der Waals surface area contributed by atoms with Crippen LogP contribution < -0.4 is 15.0 Å². The minimum atomic E-state index is -2.89. The second kappa shape index (κ2) is 9.13. The van der Waals surface area contributed by atoms with Gasteiger partial charge in [-0.1, -0.05) is 12.1 Å². The average molecular weight is 432 g/mol. The average Bonchev–Trinajstić information content (AvgIpc) is 2.74. The molecule has 162 valence electrons. The highest BCUT2D eigenvalue weighted by Gasteiger charge is 2.22. The molecule has 0 bridgehead atoms. The minimum Gasteiger partial charge on any atom is -0.435 e. The smallest absolute Gasteiger partial charge is 0.387 e. The predicted molar refractivity (Wildman–Crippen MR) is 107 cm³/mol. The van der Waals surface area contributed by atoms with E-state index in [9.17, 15) is 13.2 Å². The summed E-state index contributed by atoms with van der Waals surface area (Å²) in [5.41, 5.74) is 1.40. The van der Waals surface area contributed by atoms with Gasteiger partial charge in [-0.15, -0.1) is 5.10 Å². The number of ether oxygens (including phenoxy) is 2. The van der Waals surface area contributed by atoms with Crippen LogP contribution in [0.4, 0.5) is 30.8 Å². The van der Waals surface area contributed by atoms with Gasteiger partial charge in [0.05, 0.1) is 25.5 Å². The summed E-state index contributed by atoms with van der Waals surface area (Å²) in [4.78, 5) is 10.2. The van der Waals surface area contributed by atoms with Crippen molar-refractivity contribution in [3.05, 3.63) is 48.5 Å². The van der Waals surface area contributed by atoms with Gasteiger partial charge in [-0.05, 0) is 30.7 Å². The number of anilines is 3. The van der Waals surface area contributed by atoms with Crippen molar-refractivity contribution < 1.29 is 22.6 Å². The first-order valence-electron chi connectivity index (χ1n) is 9.52. The van der Waals surface area contributed by atoms with Crippen molar-refractivity contribution in [1.29, 1.82) is 0 Å². The summed E-state index contributed by atoms with van der Waals surface area (Å²) in [6, 6.07) is 8.99. The highest BCUT2D eigenvalue weighted by Crippen LogP contribution is 2.25. The fraction of sp³-hybridized carbons (Fsp3) is 0.300. The molecular formula is C20H19F3N6O2. The summed E-state index contributed by atoms with van der Waals surface area (Å²) < 4.78 is 48.5. The van der Waals surface area contributed by atoms with Crippen LogP contribution in [0.5, 0.6) is 5.75 Å². The van der Waals surface area contributed by atoms with Gasteiger partial charge in [-0.3, -0.25) is 0 Å². The maximum Gasteiger partial charge on any atom is 0.387 e. The third-order valence-electron chi connectivity index (χ3n) is 4.63. The molecule has 2 aromatic heterocycles. The van der Waals surface area contributed by atoms with Gasteiger partial charge in [0.25, 0.3) is 0 Å². The van der Waals surface area contributed by atoms with Gasteiger partial charge < -0.3 is 19.7 Å². The van der Waals surface area contributed by atoms with E-state index in [1.54, 1.807) is 18.2 Å². The zero-order valence-electron chi connectivity index (χ0n) is 16.5. The lowest BCUT2D eigenvalue weighted by Gasteiger charge is -2.33. The van der Waals surface area contributed by atoms with Crippen LogP contribution in [0.25, 0.3) is 11.1 Å². The summed E-state index contributed by atoms with van der Waals surface area (Å²) in [7, 11) is 0. The molecule has 0 aliphatic carbocycles. The molecule has 31 heavy (non-hydrogen) atoms. The van der Waals surface area contributed by atoms with Crippen LogP contribution in [0.1, 0.15) is 6.92 Å². The number of halogens is 3. The third-order valence-corrected chi connectivity index (χ3v) is 4.63. The Morgan fingerprint density at radius 2 is 1.94 bits per heavy atom. The third kappa shape index (κ3) is 5.18. The van der Waals surface area contributed by atoms with Crippen molar-refractivity contribution in [2.45, 2.75) is 19.6 Å². The van der Waals surface area contributed by atoms with Crippen molar-refractivity contribution in [2.75, 3.05) is 30.0 Å². The highest BCUT2D eigenvalue weighted by molar-refractivity contribution is 5.67. The Hall–Kier alpha value is -3.47. The quantitative estimate of drug-likeness (QED) is 0.591. The van der Waals surface area contributed by atoms with Crippen LogP contribution in [0.15, 0.2) is 42.6 Å². The molecule has 1 atom stereocenters. The van der Waals surface area contributed by atoms with Gasteiger partial charge in [-0.25, -0.2) is 0 Å². The predicted octanol–water partition coefficient (Wildman–Crippen LogP) is 3.64. The fourth-order valence-corrected chi connectivity index (χ4v) is 3.17. The minimum absolute atomic E-state index is 0.0172. The largest absolute Gasteiger partial charge is 0.435 e. The number of benzene rings is 1. The van der Waals surface area contributed by atoms with E-state index in [1.165, 1.54) is 24.4 Å². The normalized spacial score (nSPS) is 16.4. The summed E-state index contributed by atoms with van der Waals surface area (Å²) >= 11 is 0. The van der Waals surface area contributed by atoms with E-state index in [2.05, 4.69) is 30.2 Å². The lowest BCUT2D eigenvalue weighted by atomic mass is 10.1. The molecule has 0 spiro atoms. The Labute approximate surface area is 176 Å². The van der Waals surface area contributed by atoms with Crippen molar-refractivity contribution in [3.63, 3.8) is 0 Å². The lowest BCUT2D eigenvalue weighted by molar-refractivity contribution is -0.0498. The molecular weight excluding hydrogens is 413 g/mol. The van der Waals surface area contributed by atoms with Gasteiger partial charge in [-0.2, -0.15) is 28.2 Å². The van der Waals surface area contributed by atoms with Crippen LogP contribution in [0.3, 0.4) is 0 Å². The van der Waals surface area contributed by atoms with E-state index in [-0.39, 0.29) is 23.6 Å². The van der Waals surface area contributed by atoms with Crippen LogP contribution in [0.2, 0.25) is 0 Å². The molecule has 3 aromatic rings. The Kier molecular flexibility index (Phi) is 6.12. The topological polar surface area (TPSA) is 85.3 Å². The SMILES string of the molecule is CC1COCCN1c1nc(F)cc(Nc2cc(-c3ccc(OC(F)F)cc3)cnn2)n1. The number of alkyl halides is 2. The van der Waals surface area contributed by atoms with Crippen molar-refractivity contribution in [2.24, 2.45) is 0 Å². The first-order valence-corrected chi connectivity index (χ1v) is 9.52. The van der Waals surface area contributed by atoms with Crippen LogP contribution in [-0.2, 0) is 4.74 Å². The maximum atomic E-state index is 14.1. The standard InChI is InChI=1S/C20H19F3N6O2/c1-12-11-30-7-6-29(12)20-25-16(21)9-17(27-20)26-18-8-14(10-24-28-18)13-2-4-15(5-3-13)31-19(22)23/h2-5,8-10,12,19H,6-7,11H2,1H3,(H,25,26,27,28).